The lowest BCUT2D eigenvalue weighted by atomic mass is 10.1. The first-order valence-electron chi connectivity index (χ1n) is 7.27. The monoisotopic (exact) mass is 332 g/mol. The number of anilines is 2. The Bertz CT molecular complexity index is 694. The number of rotatable bonds is 5. The number of hydrogen-bond donors (Lipinski definition) is 3. The van der Waals surface area contributed by atoms with E-state index in [1.165, 1.54) is 18.3 Å². The lowest BCUT2D eigenvalue weighted by Crippen LogP contribution is -2.39. The standard InChI is InChI=1S/C16H20N4O2S/c1-9(2)14(17)15(22)20-16-19-13(8-23-16)11-4-6-12(7-5-11)18-10(3)21/h4-9,14H,17H2,1-3H3,(H,18,21)(H,19,20,22). The van der Waals surface area contributed by atoms with Gasteiger partial charge in [-0.25, -0.2) is 4.98 Å². The molecule has 23 heavy (non-hydrogen) atoms. The van der Waals surface area contributed by atoms with Crippen LogP contribution in [0.5, 0.6) is 0 Å². The lowest BCUT2D eigenvalue weighted by molar-refractivity contribution is -0.118. The number of carbonyl (C=O) groups excluding carboxylic acids is 2. The van der Waals surface area contributed by atoms with Gasteiger partial charge >= 0.3 is 0 Å². The van der Waals surface area contributed by atoms with Crippen molar-refractivity contribution in [2.24, 2.45) is 11.7 Å². The number of carbonyl (C=O) groups is 2. The van der Waals surface area contributed by atoms with Crippen molar-refractivity contribution in [3.8, 4) is 11.3 Å². The predicted molar refractivity (Wildman–Crippen MR) is 93.3 cm³/mol. The number of hydrogen-bond acceptors (Lipinski definition) is 5. The van der Waals surface area contributed by atoms with E-state index in [1.807, 2.05) is 43.5 Å². The zero-order chi connectivity index (χ0) is 17.0. The summed E-state index contributed by atoms with van der Waals surface area (Å²) in [6.07, 6.45) is 0. The molecule has 4 N–H and O–H groups in total. The van der Waals surface area contributed by atoms with Gasteiger partial charge < -0.3 is 16.4 Å². The number of benzene rings is 1. The molecule has 1 atom stereocenters. The molecule has 0 aliphatic carbocycles. The SMILES string of the molecule is CC(=O)Nc1ccc(-c2csc(NC(=O)C(N)C(C)C)n2)cc1. The smallest absolute Gasteiger partial charge is 0.243 e. The van der Waals surface area contributed by atoms with E-state index in [9.17, 15) is 9.59 Å². The molecule has 1 unspecified atom stereocenters. The molecule has 2 amide bonds. The topological polar surface area (TPSA) is 97.1 Å². The van der Waals surface area contributed by atoms with Crippen LogP contribution >= 0.6 is 11.3 Å². The average molecular weight is 332 g/mol. The van der Waals surface area contributed by atoms with E-state index in [2.05, 4.69) is 15.6 Å². The second-order valence-corrected chi connectivity index (χ2v) is 6.41. The molecular formula is C16H20N4O2S. The highest BCUT2D eigenvalue weighted by Gasteiger charge is 2.18. The van der Waals surface area contributed by atoms with Crippen molar-refractivity contribution < 1.29 is 9.59 Å². The molecule has 0 radical (unpaired) electrons. The first-order valence-corrected chi connectivity index (χ1v) is 8.15. The summed E-state index contributed by atoms with van der Waals surface area (Å²) in [5.41, 5.74) is 8.21. The summed E-state index contributed by atoms with van der Waals surface area (Å²) in [6, 6.07) is 6.79. The maximum atomic E-state index is 11.9. The van der Waals surface area contributed by atoms with Crippen molar-refractivity contribution >= 4 is 34.0 Å². The Labute approximate surface area is 139 Å². The van der Waals surface area contributed by atoms with Gasteiger partial charge in [0.2, 0.25) is 11.8 Å². The molecule has 0 aliphatic rings. The van der Waals surface area contributed by atoms with E-state index in [4.69, 9.17) is 5.73 Å². The van der Waals surface area contributed by atoms with Crippen LogP contribution in [0.1, 0.15) is 20.8 Å². The molecule has 122 valence electrons. The maximum Gasteiger partial charge on any atom is 0.243 e. The summed E-state index contributed by atoms with van der Waals surface area (Å²) >= 11 is 1.35. The molecule has 0 fully saturated rings. The van der Waals surface area contributed by atoms with Crippen LogP contribution in [-0.2, 0) is 9.59 Å². The second kappa shape index (κ2) is 7.34. The van der Waals surface area contributed by atoms with E-state index < -0.39 is 6.04 Å². The summed E-state index contributed by atoms with van der Waals surface area (Å²) in [4.78, 5) is 27.3. The van der Waals surface area contributed by atoms with Gasteiger partial charge in [-0.3, -0.25) is 9.59 Å². The van der Waals surface area contributed by atoms with E-state index >= 15 is 0 Å². The zero-order valence-electron chi connectivity index (χ0n) is 13.3. The first-order chi connectivity index (χ1) is 10.9. The van der Waals surface area contributed by atoms with Crippen LogP contribution in [-0.4, -0.2) is 22.8 Å². The summed E-state index contributed by atoms with van der Waals surface area (Å²) < 4.78 is 0. The minimum absolute atomic E-state index is 0.0655. The van der Waals surface area contributed by atoms with Crippen LogP contribution in [0.25, 0.3) is 11.3 Å². The fourth-order valence-electron chi connectivity index (χ4n) is 1.88. The Morgan fingerprint density at radius 1 is 1.17 bits per heavy atom. The molecule has 2 rings (SSSR count). The molecule has 1 aromatic carbocycles. The molecule has 0 saturated carbocycles. The molecule has 7 heteroatoms. The van der Waals surface area contributed by atoms with Gasteiger partial charge in [0.15, 0.2) is 5.13 Å². The summed E-state index contributed by atoms with van der Waals surface area (Å²) in [5.74, 6) is -0.282. The van der Waals surface area contributed by atoms with Gasteiger partial charge in [-0.2, -0.15) is 0 Å². The highest BCUT2D eigenvalue weighted by Crippen LogP contribution is 2.26. The van der Waals surface area contributed by atoms with Gasteiger partial charge in [0.05, 0.1) is 11.7 Å². The van der Waals surface area contributed by atoms with Crippen molar-refractivity contribution in [3.63, 3.8) is 0 Å². The molecule has 0 spiro atoms. The minimum Gasteiger partial charge on any atom is -0.326 e. The van der Waals surface area contributed by atoms with Gasteiger partial charge in [0, 0.05) is 23.6 Å². The largest absolute Gasteiger partial charge is 0.326 e. The molecular weight excluding hydrogens is 312 g/mol. The van der Waals surface area contributed by atoms with E-state index in [1.54, 1.807) is 0 Å². The Morgan fingerprint density at radius 3 is 2.39 bits per heavy atom. The van der Waals surface area contributed by atoms with Crippen molar-refractivity contribution in [3.05, 3.63) is 29.6 Å². The van der Waals surface area contributed by atoms with Crippen LogP contribution in [0.15, 0.2) is 29.6 Å². The molecule has 1 aromatic heterocycles. The number of nitrogens with one attached hydrogen (secondary N) is 2. The summed E-state index contributed by atoms with van der Waals surface area (Å²) in [6.45, 7) is 5.26. The van der Waals surface area contributed by atoms with Crippen molar-refractivity contribution in [1.29, 1.82) is 0 Å². The van der Waals surface area contributed by atoms with Crippen LogP contribution in [0.4, 0.5) is 10.8 Å². The molecule has 6 nitrogen and oxygen atoms in total. The number of aromatic nitrogens is 1. The molecule has 2 aromatic rings. The Kier molecular flexibility index (Phi) is 5.46. The Balaban J connectivity index is 2.07. The quantitative estimate of drug-likeness (QED) is 0.784. The summed E-state index contributed by atoms with van der Waals surface area (Å²) in [7, 11) is 0. The van der Waals surface area contributed by atoms with E-state index in [0.717, 1.165) is 16.9 Å². The Hall–Kier alpha value is -2.25. The molecule has 0 bridgehead atoms. The van der Waals surface area contributed by atoms with Crippen LogP contribution in [0, 0.1) is 5.92 Å². The fourth-order valence-corrected chi connectivity index (χ4v) is 2.61. The predicted octanol–water partition coefficient (Wildman–Crippen LogP) is 2.69. The Morgan fingerprint density at radius 2 is 1.83 bits per heavy atom. The fraction of sp³-hybridized carbons (Fsp3) is 0.312. The van der Waals surface area contributed by atoms with Gasteiger partial charge in [-0.05, 0) is 18.1 Å². The third-order valence-electron chi connectivity index (χ3n) is 3.26. The molecule has 0 saturated heterocycles. The van der Waals surface area contributed by atoms with Gasteiger partial charge in [0.1, 0.15) is 0 Å². The highest BCUT2D eigenvalue weighted by atomic mass is 32.1. The number of amides is 2. The van der Waals surface area contributed by atoms with Crippen molar-refractivity contribution in [2.75, 3.05) is 10.6 Å². The normalized spacial score (nSPS) is 12.0. The van der Waals surface area contributed by atoms with E-state index in [-0.39, 0.29) is 17.7 Å². The second-order valence-electron chi connectivity index (χ2n) is 5.56. The third-order valence-corrected chi connectivity index (χ3v) is 4.01. The van der Waals surface area contributed by atoms with E-state index in [0.29, 0.717) is 5.13 Å². The zero-order valence-corrected chi connectivity index (χ0v) is 14.1. The van der Waals surface area contributed by atoms with Crippen LogP contribution in [0.2, 0.25) is 0 Å². The maximum absolute atomic E-state index is 11.9. The van der Waals surface area contributed by atoms with Crippen LogP contribution in [0.3, 0.4) is 0 Å². The van der Waals surface area contributed by atoms with Gasteiger partial charge in [-0.15, -0.1) is 11.3 Å². The van der Waals surface area contributed by atoms with Crippen molar-refractivity contribution in [1.82, 2.24) is 4.98 Å². The minimum atomic E-state index is -0.556. The van der Waals surface area contributed by atoms with Gasteiger partial charge in [-0.1, -0.05) is 26.0 Å². The summed E-state index contributed by atoms with van der Waals surface area (Å²) in [5, 5.41) is 7.83. The third kappa shape index (κ3) is 4.61. The average Bonchev–Trinajstić information content (AvgIpc) is 2.94. The lowest BCUT2D eigenvalue weighted by Gasteiger charge is -2.13. The molecule has 0 aliphatic heterocycles. The molecule has 1 heterocycles. The first kappa shape index (κ1) is 17.1. The van der Waals surface area contributed by atoms with Crippen molar-refractivity contribution in [2.45, 2.75) is 26.8 Å². The number of thiazole rings is 1. The number of nitrogens with zero attached hydrogens (tertiary/aromatic N) is 1. The van der Waals surface area contributed by atoms with Gasteiger partial charge in [0.25, 0.3) is 0 Å². The highest BCUT2D eigenvalue weighted by molar-refractivity contribution is 7.14. The number of nitrogens with two attached hydrogens (primary N) is 1. The van der Waals surface area contributed by atoms with Crippen LogP contribution < -0.4 is 16.4 Å².